The molecule has 1 rings (SSSR count). The lowest BCUT2D eigenvalue weighted by Crippen LogP contribution is -2.22. The molecule has 0 amide bonds. The van der Waals surface area contributed by atoms with Crippen LogP contribution in [0.15, 0.2) is 0 Å². The summed E-state index contributed by atoms with van der Waals surface area (Å²) < 4.78 is 0. The molecular weight excluding hydrogens is 182 g/mol. The quantitative estimate of drug-likeness (QED) is 0.604. The standard InChI is InChI=1S/C6H13N.C4H10OS/c7-6-4-2-1-3-5-6;1-2-4(5)3-6/h6H,1-5,7H2;4-6H,2-3H2,1H3. The lowest BCUT2D eigenvalue weighted by molar-refractivity contribution is 0.196. The van der Waals surface area contributed by atoms with Gasteiger partial charge in [-0.25, -0.2) is 0 Å². The highest BCUT2D eigenvalue weighted by Crippen LogP contribution is 2.14. The van der Waals surface area contributed by atoms with Crippen molar-refractivity contribution in [3.63, 3.8) is 0 Å². The van der Waals surface area contributed by atoms with Gasteiger partial charge in [-0.2, -0.15) is 12.6 Å². The summed E-state index contributed by atoms with van der Waals surface area (Å²) in [5.41, 5.74) is 5.63. The third kappa shape index (κ3) is 8.60. The first-order valence-corrected chi connectivity index (χ1v) is 5.88. The minimum absolute atomic E-state index is 0.201. The Bertz CT molecular complexity index is 101. The number of aliphatic hydroxyl groups is 1. The predicted octanol–water partition coefficient (Wildman–Crippen LogP) is 1.96. The summed E-state index contributed by atoms with van der Waals surface area (Å²) in [4.78, 5) is 0. The zero-order chi connectivity index (χ0) is 10.1. The van der Waals surface area contributed by atoms with Crippen molar-refractivity contribution >= 4 is 12.6 Å². The van der Waals surface area contributed by atoms with Crippen LogP contribution < -0.4 is 5.73 Å². The van der Waals surface area contributed by atoms with E-state index in [0.717, 1.165) is 6.42 Å². The van der Waals surface area contributed by atoms with Crippen LogP contribution in [0.2, 0.25) is 0 Å². The highest BCUT2D eigenvalue weighted by molar-refractivity contribution is 7.80. The Labute approximate surface area is 87.3 Å². The van der Waals surface area contributed by atoms with Gasteiger partial charge in [0.25, 0.3) is 0 Å². The Morgan fingerprint density at radius 1 is 1.38 bits per heavy atom. The van der Waals surface area contributed by atoms with Crippen molar-refractivity contribution in [1.82, 2.24) is 0 Å². The van der Waals surface area contributed by atoms with E-state index in [1.54, 1.807) is 0 Å². The van der Waals surface area contributed by atoms with Crippen LogP contribution >= 0.6 is 12.6 Å². The first-order valence-electron chi connectivity index (χ1n) is 5.25. The van der Waals surface area contributed by atoms with E-state index in [0.29, 0.717) is 11.8 Å². The Morgan fingerprint density at radius 3 is 2.08 bits per heavy atom. The van der Waals surface area contributed by atoms with E-state index < -0.39 is 0 Å². The first kappa shape index (κ1) is 13.3. The average molecular weight is 205 g/mol. The van der Waals surface area contributed by atoms with Gasteiger partial charge in [0.1, 0.15) is 0 Å². The van der Waals surface area contributed by atoms with Crippen molar-refractivity contribution in [3.8, 4) is 0 Å². The summed E-state index contributed by atoms with van der Waals surface area (Å²) in [6.45, 7) is 1.93. The molecule has 1 fully saturated rings. The zero-order valence-corrected chi connectivity index (χ0v) is 9.47. The normalized spacial score (nSPS) is 20.3. The summed E-state index contributed by atoms with van der Waals surface area (Å²) >= 11 is 3.85. The van der Waals surface area contributed by atoms with Gasteiger partial charge in [0.2, 0.25) is 0 Å². The number of rotatable bonds is 2. The Morgan fingerprint density at radius 2 is 1.92 bits per heavy atom. The molecule has 0 heterocycles. The van der Waals surface area contributed by atoms with E-state index in [2.05, 4.69) is 12.6 Å². The van der Waals surface area contributed by atoms with Crippen LogP contribution in [0.25, 0.3) is 0 Å². The van der Waals surface area contributed by atoms with Gasteiger partial charge in [0.15, 0.2) is 0 Å². The second kappa shape index (κ2) is 8.85. The molecule has 0 aliphatic heterocycles. The molecule has 1 atom stereocenters. The number of hydrogen-bond donors (Lipinski definition) is 3. The molecule has 0 saturated heterocycles. The minimum atomic E-state index is -0.201. The molecule has 1 aliphatic carbocycles. The smallest absolute Gasteiger partial charge is 0.0625 e. The van der Waals surface area contributed by atoms with Crippen LogP contribution in [0.3, 0.4) is 0 Å². The molecule has 13 heavy (non-hydrogen) atoms. The van der Waals surface area contributed by atoms with Gasteiger partial charge in [-0.1, -0.05) is 26.2 Å². The maximum absolute atomic E-state index is 8.59. The molecule has 0 aromatic heterocycles. The summed E-state index contributed by atoms with van der Waals surface area (Å²) in [6, 6.07) is 0.536. The monoisotopic (exact) mass is 205 g/mol. The van der Waals surface area contributed by atoms with Crippen LogP contribution in [-0.2, 0) is 0 Å². The molecule has 1 saturated carbocycles. The molecule has 0 aromatic carbocycles. The van der Waals surface area contributed by atoms with Crippen LogP contribution in [0.1, 0.15) is 45.4 Å². The van der Waals surface area contributed by atoms with Crippen molar-refractivity contribution < 1.29 is 5.11 Å². The SMILES string of the molecule is CCC(O)CS.NC1CCCCC1. The van der Waals surface area contributed by atoms with Crippen LogP contribution in [0, 0.1) is 0 Å². The summed E-state index contributed by atoms with van der Waals surface area (Å²) in [6.07, 6.45) is 7.27. The maximum atomic E-state index is 8.59. The molecule has 0 radical (unpaired) electrons. The molecule has 0 aromatic rings. The van der Waals surface area contributed by atoms with Crippen molar-refractivity contribution in [2.24, 2.45) is 5.73 Å². The van der Waals surface area contributed by atoms with Crippen molar-refractivity contribution in [2.75, 3.05) is 5.75 Å². The molecule has 2 nitrogen and oxygen atoms in total. The molecule has 1 unspecified atom stereocenters. The lowest BCUT2D eigenvalue weighted by atomic mass is 9.97. The van der Waals surface area contributed by atoms with E-state index in [-0.39, 0.29) is 6.10 Å². The van der Waals surface area contributed by atoms with Gasteiger partial charge >= 0.3 is 0 Å². The van der Waals surface area contributed by atoms with Crippen LogP contribution in [0.4, 0.5) is 0 Å². The molecule has 0 bridgehead atoms. The van der Waals surface area contributed by atoms with E-state index in [1.165, 1.54) is 32.1 Å². The highest BCUT2D eigenvalue weighted by atomic mass is 32.1. The summed E-state index contributed by atoms with van der Waals surface area (Å²) in [7, 11) is 0. The Hall–Kier alpha value is 0.270. The topological polar surface area (TPSA) is 46.2 Å². The Kier molecular flexibility index (Phi) is 9.03. The first-order chi connectivity index (χ1) is 6.20. The number of nitrogens with two attached hydrogens (primary N) is 1. The number of hydrogen-bond acceptors (Lipinski definition) is 3. The van der Waals surface area contributed by atoms with Crippen molar-refractivity contribution in [1.29, 1.82) is 0 Å². The van der Waals surface area contributed by atoms with Gasteiger partial charge in [-0.05, 0) is 19.3 Å². The highest BCUT2D eigenvalue weighted by Gasteiger charge is 2.06. The van der Waals surface area contributed by atoms with Gasteiger partial charge in [0, 0.05) is 11.8 Å². The maximum Gasteiger partial charge on any atom is 0.0625 e. The minimum Gasteiger partial charge on any atom is -0.392 e. The third-order valence-electron chi connectivity index (χ3n) is 2.33. The fourth-order valence-corrected chi connectivity index (χ4v) is 1.52. The van der Waals surface area contributed by atoms with E-state index in [4.69, 9.17) is 10.8 Å². The van der Waals surface area contributed by atoms with Gasteiger partial charge in [-0.15, -0.1) is 0 Å². The van der Waals surface area contributed by atoms with E-state index in [1.807, 2.05) is 6.92 Å². The Balaban J connectivity index is 0.000000226. The van der Waals surface area contributed by atoms with Crippen LogP contribution in [-0.4, -0.2) is 23.0 Å². The van der Waals surface area contributed by atoms with Crippen LogP contribution in [0.5, 0.6) is 0 Å². The largest absolute Gasteiger partial charge is 0.392 e. The number of aliphatic hydroxyl groups excluding tert-OH is 1. The van der Waals surface area contributed by atoms with Gasteiger partial charge in [-0.3, -0.25) is 0 Å². The second-order valence-corrected chi connectivity index (χ2v) is 4.01. The molecule has 80 valence electrons. The molecule has 3 N–H and O–H groups in total. The summed E-state index contributed by atoms with van der Waals surface area (Å²) in [5, 5.41) is 8.59. The molecular formula is C10H23NOS. The third-order valence-corrected chi connectivity index (χ3v) is 2.75. The average Bonchev–Trinajstić information content (AvgIpc) is 2.19. The fraction of sp³-hybridized carbons (Fsp3) is 1.00. The van der Waals surface area contributed by atoms with Crippen molar-refractivity contribution in [3.05, 3.63) is 0 Å². The van der Waals surface area contributed by atoms with E-state index >= 15 is 0 Å². The lowest BCUT2D eigenvalue weighted by Gasteiger charge is -2.15. The predicted molar refractivity (Wildman–Crippen MR) is 61.2 cm³/mol. The molecule has 0 spiro atoms. The summed E-state index contributed by atoms with van der Waals surface area (Å²) in [5.74, 6) is 0.580. The van der Waals surface area contributed by atoms with Gasteiger partial charge in [0.05, 0.1) is 6.10 Å². The van der Waals surface area contributed by atoms with Gasteiger partial charge < -0.3 is 10.8 Å². The fourth-order valence-electron chi connectivity index (χ4n) is 1.26. The number of thiol groups is 1. The van der Waals surface area contributed by atoms with Crippen molar-refractivity contribution in [2.45, 2.75) is 57.6 Å². The zero-order valence-electron chi connectivity index (χ0n) is 8.58. The second-order valence-electron chi connectivity index (χ2n) is 3.64. The molecule has 1 aliphatic rings. The van der Waals surface area contributed by atoms with E-state index in [9.17, 15) is 0 Å². The molecule has 3 heteroatoms.